The summed E-state index contributed by atoms with van der Waals surface area (Å²) in [7, 11) is 0. The van der Waals surface area contributed by atoms with Crippen molar-refractivity contribution in [2.24, 2.45) is 11.7 Å². The second-order valence-electron chi connectivity index (χ2n) is 6.60. The Hall–Kier alpha value is -3.62. The smallest absolute Gasteiger partial charge is 0.271 e. The van der Waals surface area contributed by atoms with Gasteiger partial charge in [0.05, 0.1) is 34.7 Å². The van der Waals surface area contributed by atoms with Crippen LogP contribution in [-0.2, 0) is 4.79 Å². The fourth-order valence-electron chi connectivity index (χ4n) is 2.93. The minimum atomic E-state index is -0.715. The summed E-state index contributed by atoms with van der Waals surface area (Å²) in [5.74, 6) is 0.0536. The highest BCUT2D eigenvalue weighted by Crippen LogP contribution is 2.43. The molecule has 3 aromatic heterocycles. The summed E-state index contributed by atoms with van der Waals surface area (Å²) in [6.45, 7) is 1.97. The number of rotatable bonds is 6. The van der Waals surface area contributed by atoms with Crippen LogP contribution in [0.1, 0.15) is 23.8 Å². The number of fused-ring (bicyclic) bond motifs is 1. The number of primary amides is 1. The number of pyridine rings is 2. The predicted molar refractivity (Wildman–Crippen MR) is 99.6 cm³/mol. The van der Waals surface area contributed by atoms with Gasteiger partial charge in [-0.3, -0.25) is 14.8 Å². The molecule has 9 heteroatoms. The number of nitrogens with zero attached hydrogens (tertiary/aromatic N) is 4. The summed E-state index contributed by atoms with van der Waals surface area (Å²) in [6.07, 6.45) is 6.27. The third-order valence-electron chi connectivity index (χ3n) is 4.65. The maximum absolute atomic E-state index is 11.7. The lowest BCUT2D eigenvalue weighted by atomic mass is 10.2. The molecule has 0 spiro atoms. The molecule has 27 heavy (non-hydrogen) atoms. The van der Waals surface area contributed by atoms with Crippen LogP contribution >= 0.6 is 0 Å². The van der Waals surface area contributed by atoms with Crippen molar-refractivity contribution < 1.29 is 9.59 Å². The molecular weight excluding hydrogens is 346 g/mol. The van der Waals surface area contributed by atoms with E-state index in [2.05, 4.69) is 30.6 Å². The van der Waals surface area contributed by atoms with Crippen molar-refractivity contribution in [3.05, 3.63) is 42.5 Å². The maximum Gasteiger partial charge on any atom is 0.271 e. The molecule has 4 rings (SSSR count). The largest absolute Gasteiger partial charge is 0.364 e. The number of carbonyl (C=O) groups is 2. The zero-order valence-electron chi connectivity index (χ0n) is 14.5. The number of anilines is 3. The first-order valence-electron chi connectivity index (χ1n) is 8.40. The summed E-state index contributed by atoms with van der Waals surface area (Å²) in [4.78, 5) is 40.1. The molecule has 136 valence electrons. The molecule has 2 atom stereocenters. The van der Waals surface area contributed by atoms with Crippen LogP contribution in [0.4, 0.5) is 17.3 Å². The fraction of sp³-hybridized carbons (Fsp3) is 0.222. The molecular formula is C18H17N7O2. The fourth-order valence-corrected chi connectivity index (χ4v) is 2.93. The van der Waals surface area contributed by atoms with E-state index in [0.29, 0.717) is 17.0 Å². The predicted octanol–water partition coefficient (Wildman–Crippen LogP) is 1.65. The zero-order valence-corrected chi connectivity index (χ0v) is 14.5. The van der Waals surface area contributed by atoms with Crippen molar-refractivity contribution in [2.75, 3.05) is 10.6 Å². The van der Waals surface area contributed by atoms with E-state index in [0.717, 1.165) is 18.2 Å². The Morgan fingerprint density at radius 2 is 2.11 bits per heavy atom. The van der Waals surface area contributed by atoms with Crippen LogP contribution in [0.15, 0.2) is 36.8 Å². The van der Waals surface area contributed by atoms with Crippen LogP contribution in [0.5, 0.6) is 0 Å². The summed E-state index contributed by atoms with van der Waals surface area (Å²) in [6, 6.07) is 5.43. The minimum absolute atomic E-state index is 0.00864. The number of aldehydes is 1. The van der Waals surface area contributed by atoms with E-state index in [1.54, 1.807) is 24.5 Å². The van der Waals surface area contributed by atoms with E-state index in [-0.39, 0.29) is 17.4 Å². The number of nitrogens with two attached hydrogens (primary N) is 1. The van der Waals surface area contributed by atoms with Gasteiger partial charge in [0.2, 0.25) is 0 Å². The van der Waals surface area contributed by atoms with Gasteiger partial charge in [-0.15, -0.1) is 0 Å². The van der Waals surface area contributed by atoms with E-state index >= 15 is 0 Å². The molecule has 4 N–H and O–H groups in total. The van der Waals surface area contributed by atoms with E-state index in [9.17, 15) is 9.59 Å². The Balaban J connectivity index is 1.67. The Labute approximate surface area is 154 Å². The number of hydrogen-bond donors (Lipinski definition) is 3. The van der Waals surface area contributed by atoms with Gasteiger partial charge < -0.3 is 21.2 Å². The third kappa shape index (κ3) is 3.14. The molecule has 0 saturated heterocycles. The van der Waals surface area contributed by atoms with Gasteiger partial charge in [-0.1, -0.05) is 6.92 Å². The quantitative estimate of drug-likeness (QED) is 0.563. The third-order valence-corrected chi connectivity index (χ3v) is 4.65. The molecule has 0 aromatic carbocycles. The van der Waals surface area contributed by atoms with Crippen LogP contribution in [0, 0.1) is 5.92 Å². The van der Waals surface area contributed by atoms with E-state index in [1.807, 2.05) is 13.0 Å². The van der Waals surface area contributed by atoms with Gasteiger partial charge in [-0.25, -0.2) is 9.97 Å². The van der Waals surface area contributed by atoms with Crippen molar-refractivity contribution in [1.29, 1.82) is 0 Å². The summed E-state index contributed by atoms with van der Waals surface area (Å²) in [5, 5.41) is 6.11. The maximum atomic E-state index is 11.7. The van der Waals surface area contributed by atoms with Gasteiger partial charge in [0, 0.05) is 6.20 Å². The van der Waals surface area contributed by atoms with Crippen molar-refractivity contribution in [3.63, 3.8) is 0 Å². The van der Waals surface area contributed by atoms with Crippen LogP contribution in [0.3, 0.4) is 0 Å². The van der Waals surface area contributed by atoms with Gasteiger partial charge in [0.15, 0.2) is 11.5 Å². The molecule has 9 nitrogen and oxygen atoms in total. The molecule has 1 unspecified atom stereocenters. The Morgan fingerprint density at radius 1 is 1.30 bits per heavy atom. The van der Waals surface area contributed by atoms with Crippen LogP contribution < -0.4 is 16.4 Å². The number of aromatic nitrogens is 4. The Bertz CT molecular complexity index is 1050. The summed E-state index contributed by atoms with van der Waals surface area (Å²) < 4.78 is 0. The van der Waals surface area contributed by atoms with Crippen molar-refractivity contribution in [3.8, 4) is 0 Å². The highest BCUT2D eigenvalue weighted by molar-refractivity contribution is 5.96. The number of nitrogens with one attached hydrogen (secondary N) is 2. The topological polar surface area (TPSA) is 136 Å². The highest BCUT2D eigenvalue weighted by atomic mass is 16.1. The first kappa shape index (κ1) is 16.8. The monoisotopic (exact) mass is 363 g/mol. The highest BCUT2D eigenvalue weighted by Gasteiger charge is 2.51. The number of carbonyl (C=O) groups excluding carboxylic acids is 2. The van der Waals surface area contributed by atoms with Crippen molar-refractivity contribution in [1.82, 2.24) is 19.9 Å². The molecule has 1 saturated carbocycles. The van der Waals surface area contributed by atoms with Crippen molar-refractivity contribution >= 4 is 40.5 Å². The van der Waals surface area contributed by atoms with Gasteiger partial charge >= 0.3 is 0 Å². The second-order valence-corrected chi connectivity index (χ2v) is 6.60. The SMILES string of the molecule is CC1C[C@]1(C=O)Nc1cnc(C(N)=O)c(Nc2cnc3cccnc3c2)n1. The zero-order chi connectivity index (χ0) is 19.0. The lowest BCUT2D eigenvalue weighted by Crippen LogP contribution is -2.26. The van der Waals surface area contributed by atoms with Crippen molar-refractivity contribution in [2.45, 2.75) is 18.9 Å². The first-order valence-corrected chi connectivity index (χ1v) is 8.40. The average molecular weight is 363 g/mol. The Kier molecular flexibility index (Phi) is 3.91. The summed E-state index contributed by atoms with van der Waals surface area (Å²) >= 11 is 0. The molecule has 1 fully saturated rings. The molecule has 1 aliphatic carbocycles. The van der Waals surface area contributed by atoms with E-state index in [4.69, 9.17) is 5.73 Å². The Morgan fingerprint density at radius 3 is 2.81 bits per heavy atom. The average Bonchev–Trinajstić information content (AvgIpc) is 3.31. The molecule has 3 heterocycles. The lowest BCUT2D eigenvalue weighted by Gasteiger charge is -2.15. The normalized spacial score (nSPS) is 20.9. The molecule has 3 aromatic rings. The lowest BCUT2D eigenvalue weighted by molar-refractivity contribution is -0.109. The van der Waals surface area contributed by atoms with Gasteiger partial charge in [0.25, 0.3) is 5.91 Å². The van der Waals surface area contributed by atoms with E-state index in [1.165, 1.54) is 6.20 Å². The molecule has 0 radical (unpaired) electrons. The number of hydrogen-bond acceptors (Lipinski definition) is 8. The second kappa shape index (κ2) is 6.27. The molecule has 1 amide bonds. The summed E-state index contributed by atoms with van der Waals surface area (Å²) in [5.41, 5.74) is 6.79. The molecule has 0 aliphatic heterocycles. The van der Waals surface area contributed by atoms with E-state index < -0.39 is 11.4 Å². The molecule has 0 bridgehead atoms. The van der Waals surface area contributed by atoms with Crippen LogP contribution in [0.2, 0.25) is 0 Å². The van der Waals surface area contributed by atoms with Gasteiger partial charge in [-0.2, -0.15) is 0 Å². The van der Waals surface area contributed by atoms with Gasteiger partial charge in [-0.05, 0) is 30.5 Å². The standard InChI is InChI=1S/C18H17N7O2/c1-10-6-18(10,9-26)25-14-8-22-15(16(19)27)17(24-14)23-11-5-13-12(21-7-11)3-2-4-20-13/h2-5,7-10H,6H2,1H3,(H2,19,27)(H2,23,24,25)/t10?,18-/m1/s1. The van der Waals surface area contributed by atoms with Gasteiger partial charge in [0.1, 0.15) is 12.1 Å². The number of amides is 1. The van der Waals surface area contributed by atoms with Crippen LogP contribution in [0.25, 0.3) is 11.0 Å². The van der Waals surface area contributed by atoms with Crippen LogP contribution in [-0.4, -0.2) is 37.7 Å². The first-order chi connectivity index (χ1) is 13.0. The molecule has 1 aliphatic rings. The minimum Gasteiger partial charge on any atom is -0.364 e.